The Morgan fingerprint density at radius 1 is 1.28 bits per heavy atom. The molecule has 1 unspecified atom stereocenters. The van der Waals surface area contributed by atoms with Crippen LogP contribution in [0.25, 0.3) is 0 Å². The number of halogens is 2. The van der Waals surface area contributed by atoms with E-state index in [0.717, 1.165) is 37.2 Å². The van der Waals surface area contributed by atoms with Crippen LogP contribution in [0.5, 0.6) is 5.75 Å². The highest BCUT2D eigenvalue weighted by Gasteiger charge is 2.26. The zero-order chi connectivity index (χ0) is 20.8. The second kappa shape index (κ2) is 10.1. The predicted octanol–water partition coefficient (Wildman–Crippen LogP) is 4.58. The van der Waals surface area contributed by atoms with Gasteiger partial charge in [-0.1, -0.05) is 35.9 Å². The van der Waals surface area contributed by atoms with E-state index in [9.17, 15) is 9.18 Å². The van der Waals surface area contributed by atoms with Gasteiger partial charge in [0.15, 0.2) is 0 Å². The Bertz CT molecular complexity index is 837. The van der Waals surface area contributed by atoms with Gasteiger partial charge in [-0.25, -0.2) is 4.39 Å². The summed E-state index contributed by atoms with van der Waals surface area (Å²) in [5.74, 6) is 0.626. The maximum Gasteiger partial charge on any atom is 0.223 e. The molecule has 0 aliphatic carbocycles. The van der Waals surface area contributed by atoms with Crippen LogP contribution in [0, 0.1) is 18.7 Å². The van der Waals surface area contributed by atoms with Crippen molar-refractivity contribution in [3.8, 4) is 5.75 Å². The number of para-hydroxylation sites is 1. The number of piperidine rings is 1. The third-order valence-corrected chi connectivity index (χ3v) is 5.57. The Kier molecular flexibility index (Phi) is 7.51. The predicted molar refractivity (Wildman–Crippen MR) is 114 cm³/mol. The zero-order valence-corrected chi connectivity index (χ0v) is 17.7. The molecule has 1 aliphatic heterocycles. The standard InChI is InChI=1S/C23H28ClFN2O2/c1-16-5-3-4-6-22(16)29-15-17(2)26-23(28)18-9-11-27(12-10-18)14-19-7-8-20(24)13-21(19)25/h3-8,13,17-18H,9-12,14-15H2,1-2H3,(H,26,28). The second-order valence-electron chi connectivity index (χ2n) is 7.77. The number of aryl methyl sites for hydroxylation is 1. The summed E-state index contributed by atoms with van der Waals surface area (Å²) >= 11 is 5.81. The Labute approximate surface area is 177 Å². The van der Waals surface area contributed by atoms with E-state index in [0.29, 0.717) is 23.7 Å². The number of benzene rings is 2. The van der Waals surface area contributed by atoms with Gasteiger partial charge < -0.3 is 10.1 Å². The van der Waals surface area contributed by atoms with E-state index in [2.05, 4.69) is 10.2 Å². The molecule has 1 saturated heterocycles. The summed E-state index contributed by atoms with van der Waals surface area (Å²) in [6.45, 7) is 6.47. The molecule has 0 spiro atoms. The van der Waals surface area contributed by atoms with Crippen molar-refractivity contribution in [2.45, 2.75) is 39.3 Å². The average molecular weight is 419 g/mol. The summed E-state index contributed by atoms with van der Waals surface area (Å²) in [6.07, 6.45) is 1.54. The summed E-state index contributed by atoms with van der Waals surface area (Å²) < 4.78 is 19.8. The molecule has 1 heterocycles. The molecular formula is C23H28ClFN2O2. The summed E-state index contributed by atoms with van der Waals surface area (Å²) in [5, 5.41) is 3.47. The molecule has 29 heavy (non-hydrogen) atoms. The molecule has 1 amide bonds. The fourth-order valence-corrected chi connectivity index (χ4v) is 3.74. The first-order valence-corrected chi connectivity index (χ1v) is 10.4. The van der Waals surface area contributed by atoms with Gasteiger partial charge in [-0.05, 0) is 63.5 Å². The number of carbonyl (C=O) groups is 1. The maximum atomic E-state index is 14.0. The maximum absolute atomic E-state index is 14.0. The van der Waals surface area contributed by atoms with Gasteiger partial charge in [-0.15, -0.1) is 0 Å². The van der Waals surface area contributed by atoms with Crippen LogP contribution >= 0.6 is 11.6 Å². The van der Waals surface area contributed by atoms with Crippen LogP contribution in [0.1, 0.15) is 30.9 Å². The summed E-state index contributed by atoms with van der Waals surface area (Å²) in [5.41, 5.74) is 1.72. The van der Waals surface area contributed by atoms with Gasteiger partial charge in [-0.3, -0.25) is 9.69 Å². The van der Waals surface area contributed by atoms with Gasteiger partial charge in [-0.2, -0.15) is 0 Å². The topological polar surface area (TPSA) is 41.6 Å². The Balaban J connectivity index is 1.41. The minimum atomic E-state index is -0.278. The monoisotopic (exact) mass is 418 g/mol. The first kappa shape index (κ1) is 21.6. The van der Waals surface area contributed by atoms with Crippen molar-refractivity contribution in [3.05, 3.63) is 64.4 Å². The second-order valence-corrected chi connectivity index (χ2v) is 8.21. The molecule has 1 atom stereocenters. The van der Waals surface area contributed by atoms with Gasteiger partial charge in [0, 0.05) is 23.0 Å². The van der Waals surface area contributed by atoms with Crippen molar-refractivity contribution in [1.29, 1.82) is 0 Å². The normalized spacial score (nSPS) is 16.4. The number of rotatable bonds is 7. The number of carbonyl (C=O) groups excluding carboxylic acids is 1. The van der Waals surface area contributed by atoms with Crippen LogP contribution in [0.2, 0.25) is 5.02 Å². The first-order valence-electron chi connectivity index (χ1n) is 10.1. The molecule has 4 nitrogen and oxygen atoms in total. The van der Waals surface area contributed by atoms with Crippen molar-refractivity contribution in [2.24, 2.45) is 5.92 Å². The lowest BCUT2D eigenvalue weighted by Crippen LogP contribution is -2.44. The van der Waals surface area contributed by atoms with Gasteiger partial charge in [0.1, 0.15) is 18.2 Å². The van der Waals surface area contributed by atoms with Gasteiger partial charge in [0.2, 0.25) is 5.91 Å². The molecular weight excluding hydrogens is 391 g/mol. The molecule has 3 rings (SSSR count). The largest absolute Gasteiger partial charge is 0.491 e. The van der Waals surface area contributed by atoms with Crippen LogP contribution < -0.4 is 10.1 Å². The molecule has 1 N–H and O–H groups in total. The summed E-state index contributed by atoms with van der Waals surface area (Å²) in [6, 6.07) is 12.6. The average Bonchev–Trinajstić information content (AvgIpc) is 2.70. The lowest BCUT2D eigenvalue weighted by Gasteiger charge is -2.32. The lowest BCUT2D eigenvalue weighted by atomic mass is 9.95. The minimum absolute atomic E-state index is 0.0118. The summed E-state index contributed by atoms with van der Waals surface area (Å²) in [4.78, 5) is 14.8. The van der Waals surface area contributed by atoms with Gasteiger partial charge >= 0.3 is 0 Å². The molecule has 0 saturated carbocycles. The van der Waals surface area contributed by atoms with E-state index in [1.807, 2.05) is 38.1 Å². The zero-order valence-electron chi connectivity index (χ0n) is 17.0. The van der Waals surface area contributed by atoms with Crippen LogP contribution in [0.15, 0.2) is 42.5 Å². The molecule has 0 radical (unpaired) electrons. The van der Waals surface area contributed by atoms with Gasteiger partial charge in [0.05, 0.1) is 6.04 Å². The van der Waals surface area contributed by atoms with Gasteiger partial charge in [0.25, 0.3) is 0 Å². The van der Waals surface area contributed by atoms with E-state index in [1.165, 1.54) is 6.07 Å². The molecule has 156 valence electrons. The highest BCUT2D eigenvalue weighted by atomic mass is 35.5. The number of nitrogens with zero attached hydrogens (tertiary/aromatic N) is 1. The minimum Gasteiger partial charge on any atom is -0.491 e. The number of amides is 1. The smallest absolute Gasteiger partial charge is 0.223 e. The van der Waals surface area contributed by atoms with E-state index < -0.39 is 0 Å². The number of ether oxygens (including phenoxy) is 1. The number of hydrogen-bond acceptors (Lipinski definition) is 3. The molecule has 2 aromatic carbocycles. The Hall–Kier alpha value is -2.11. The van der Waals surface area contributed by atoms with Crippen LogP contribution in [0.4, 0.5) is 4.39 Å². The molecule has 6 heteroatoms. The fraction of sp³-hybridized carbons (Fsp3) is 0.435. The van der Waals surface area contributed by atoms with E-state index in [4.69, 9.17) is 16.3 Å². The van der Waals surface area contributed by atoms with E-state index in [-0.39, 0.29) is 23.7 Å². The third kappa shape index (κ3) is 6.18. The molecule has 0 bridgehead atoms. The molecule has 1 fully saturated rings. The van der Waals surface area contributed by atoms with Crippen LogP contribution in [0.3, 0.4) is 0 Å². The number of hydrogen-bond donors (Lipinski definition) is 1. The van der Waals surface area contributed by atoms with Crippen molar-refractivity contribution in [3.63, 3.8) is 0 Å². The quantitative estimate of drug-likeness (QED) is 0.715. The lowest BCUT2D eigenvalue weighted by molar-refractivity contribution is -0.127. The van der Waals surface area contributed by atoms with Crippen molar-refractivity contribution in [2.75, 3.05) is 19.7 Å². The Morgan fingerprint density at radius 3 is 2.69 bits per heavy atom. The summed E-state index contributed by atoms with van der Waals surface area (Å²) in [7, 11) is 0. The highest BCUT2D eigenvalue weighted by molar-refractivity contribution is 6.30. The van der Waals surface area contributed by atoms with Crippen molar-refractivity contribution in [1.82, 2.24) is 10.2 Å². The van der Waals surface area contributed by atoms with Crippen molar-refractivity contribution < 1.29 is 13.9 Å². The fourth-order valence-electron chi connectivity index (χ4n) is 3.58. The third-order valence-electron chi connectivity index (χ3n) is 5.34. The molecule has 0 aromatic heterocycles. The number of nitrogens with one attached hydrogen (secondary N) is 1. The number of likely N-dealkylation sites (tertiary alicyclic amines) is 1. The Morgan fingerprint density at radius 2 is 2.00 bits per heavy atom. The highest BCUT2D eigenvalue weighted by Crippen LogP contribution is 2.22. The van der Waals surface area contributed by atoms with Crippen LogP contribution in [-0.2, 0) is 11.3 Å². The first-order chi connectivity index (χ1) is 13.9. The van der Waals surface area contributed by atoms with Crippen LogP contribution in [-0.4, -0.2) is 36.5 Å². The molecule has 2 aromatic rings. The van der Waals surface area contributed by atoms with Crippen molar-refractivity contribution >= 4 is 17.5 Å². The van der Waals surface area contributed by atoms with E-state index >= 15 is 0 Å². The SMILES string of the molecule is Cc1ccccc1OCC(C)NC(=O)C1CCN(Cc2ccc(Cl)cc2F)CC1. The van der Waals surface area contributed by atoms with E-state index in [1.54, 1.807) is 12.1 Å². The molecule has 1 aliphatic rings.